The maximum atomic E-state index is 10.2. The van der Waals surface area contributed by atoms with Gasteiger partial charge in [-0.1, -0.05) is 23.2 Å². The molecular weight excluding hydrogens is 361 g/mol. The molecule has 1 aromatic carbocycles. The van der Waals surface area contributed by atoms with Gasteiger partial charge in [0.15, 0.2) is 0 Å². The van der Waals surface area contributed by atoms with Gasteiger partial charge in [0.1, 0.15) is 35.8 Å². The number of hydrogen-bond acceptors (Lipinski definition) is 7. The number of aliphatic hydroxyl groups is 5. The molecule has 0 aliphatic carbocycles. The fourth-order valence-electron chi connectivity index (χ4n) is 2.48. The zero-order valence-corrected chi connectivity index (χ0v) is 13.9. The summed E-state index contributed by atoms with van der Waals surface area (Å²) in [6.45, 7) is 0.864. The summed E-state index contributed by atoms with van der Waals surface area (Å²) in [7, 11) is 0. The highest BCUT2D eigenvalue weighted by Crippen LogP contribution is 2.41. The number of nitrogens with one attached hydrogen (secondary N) is 1. The van der Waals surface area contributed by atoms with Gasteiger partial charge in [-0.3, -0.25) is 0 Å². The Morgan fingerprint density at radius 1 is 1.17 bits per heavy atom. The van der Waals surface area contributed by atoms with Crippen molar-refractivity contribution in [2.24, 2.45) is 0 Å². The van der Waals surface area contributed by atoms with Gasteiger partial charge in [-0.15, -0.1) is 0 Å². The van der Waals surface area contributed by atoms with E-state index in [-0.39, 0.29) is 5.82 Å². The van der Waals surface area contributed by atoms with Crippen molar-refractivity contribution < 1.29 is 25.5 Å². The number of aliphatic hydroxyl groups excluding tert-OH is 5. The van der Waals surface area contributed by atoms with E-state index in [1.165, 1.54) is 0 Å². The molecule has 0 saturated carbocycles. The molecule has 4 atom stereocenters. The summed E-state index contributed by atoms with van der Waals surface area (Å²) in [5.74, 6) is -0.0110. The van der Waals surface area contributed by atoms with Crippen molar-refractivity contribution in [2.45, 2.75) is 24.4 Å². The molecule has 0 amide bonds. The molecule has 0 bridgehead atoms. The Bertz CT molecular complexity index is 752. The summed E-state index contributed by atoms with van der Waals surface area (Å²) >= 11 is 12.3. The zero-order valence-electron chi connectivity index (χ0n) is 12.4. The number of aromatic nitrogens is 2. The van der Waals surface area contributed by atoms with Crippen molar-refractivity contribution in [2.75, 3.05) is 24.6 Å². The molecule has 0 radical (unpaired) electrons. The van der Waals surface area contributed by atoms with Crippen LogP contribution in [-0.2, 0) is 0 Å². The van der Waals surface area contributed by atoms with E-state index < -0.39 is 31.0 Å². The van der Waals surface area contributed by atoms with Crippen LogP contribution in [0.3, 0.4) is 0 Å². The summed E-state index contributed by atoms with van der Waals surface area (Å²) in [5, 5.41) is 48.8. The summed E-state index contributed by atoms with van der Waals surface area (Å²) in [6.07, 6.45) is -6.68. The van der Waals surface area contributed by atoms with Gasteiger partial charge < -0.3 is 35.4 Å². The second-order valence-electron chi connectivity index (χ2n) is 5.70. The summed E-state index contributed by atoms with van der Waals surface area (Å²) in [6, 6.07) is 1.56. The molecule has 3 rings (SSSR count). The average molecular weight is 378 g/mol. The quantitative estimate of drug-likeness (QED) is 0.384. The Balaban J connectivity index is 1.97. The molecule has 8 nitrogen and oxygen atoms in total. The van der Waals surface area contributed by atoms with E-state index in [9.17, 15) is 20.4 Å². The van der Waals surface area contributed by atoms with Gasteiger partial charge in [0.25, 0.3) is 0 Å². The molecule has 2 aromatic rings. The van der Waals surface area contributed by atoms with Crippen molar-refractivity contribution >= 4 is 39.9 Å². The third-order valence-electron chi connectivity index (χ3n) is 3.96. The third kappa shape index (κ3) is 3.06. The number of benzene rings is 1. The first-order chi connectivity index (χ1) is 11.3. The van der Waals surface area contributed by atoms with Crippen LogP contribution in [0.25, 0.3) is 11.0 Å². The molecule has 1 aromatic heterocycles. The minimum Gasteiger partial charge on any atom is -0.394 e. The van der Waals surface area contributed by atoms with E-state index in [0.29, 0.717) is 26.8 Å². The molecule has 1 aliphatic heterocycles. The van der Waals surface area contributed by atoms with Crippen LogP contribution in [0.5, 0.6) is 0 Å². The first-order valence-corrected chi connectivity index (χ1v) is 8.06. The van der Waals surface area contributed by atoms with Crippen LogP contribution in [0.4, 0.5) is 5.69 Å². The predicted molar refractivity (Wildman–Crippen MR) is 88.4 cm³/mol. The summed E-state index contributed by atoms with van der Waals surface area (Å²) in [4.78, 5) is 9.04. The standard InChI is InChI=1S/C14H17Cl2N3O5/c15-5-3-6-9(10(8(5)16)19-1-2-19)18-14(17-6)13(24)12(23)11(22)7(21)4-20/h3,7,11-13,20-24H,1-2,4H2,(H,17,18)/t7?,11-,12?,13?/m0/s1. The molecule has 24 heavy (non-hydrogen) atoms. The highest BCUT2D eigenvalue weighted by Gasteiger charge is 2.34. The van der Waals surface area contributed by atoms with Crippen molar-refractivity contribution in [1.82, 2.24) is 9.97 Å². The number of anilines is 1. The minimum atomic E-state index is -1.75. The lowest BCUT2D eigenvalue weighted by atomic mass is 10.0. The number of H-pyrrole nitrogens is 1. The number of fused-ring (bicyclic) bond motifs is 1. The third-order valence-corrected chi connectivity index (χ3v) is 4.74. The van der Waals surface area contributed by atoms with E-state index in [2.05, 4.69) is 9.97 Å². The molecule has 10 heteroatoms. The van der Waals surface area contributed by atoms with Crippen molar-refractivity contribution in [3.63, 3.8) is 0 Å². The predicted octanol–water partition coefficient (Wildman–Crippen LogP) is -0.202. The largest absolute Gasteiger partial charge is 0.394 e. The lowest BCUT2D eigenvalue weighted by molar-refractivity contribution is -0.117. The first kappa shape index (κ1) is 17.7. The van der Waals surface area contributed by atoms with Crippen LogP contribution in [-0.4, -0.2) is 73.5 Å². The molecule has 0 spiro atoms. The Morgan fingerprint density at radius 2 is 1.83 bits per heavy atom. The maximum absolute atomic E-state index is 10.2. The van der Waals surface area contributed by atoms with Crippen LogP contribution < -0.4 is 4.90 Å². The number of halogens is 2. The second-order valence-corrected chi connectivity index (χ2v) is 6.49. The number of aromatic amines is 1. The molecule has 3 unspecified atom stereocenters. The van der Waals surface area contributed by atoms with E-state index in [0.717, 1.165) is 13.1 Å². The molecule has 6 N–H and O–H groups in total. The first-order valence-electron chi connectivity index (χ1n) is 7.30. The number of nitrogens with zero attached hydrogens (tertiary/aromatic N) is 2. The molecule has 1 aliphatic rings. The SMILES string of the molecule is OCC(O)[C@H](O)C(O)C(O)c1nc2c(N3CC3)c(Cl)c(Cl)cc2[nH]1. The topological polar surface area (TPSA) is 133 Å². The average Bonchev–Trinajstić information content (AvgIpc) is 3.32. The van der Waals surface area contributed by atoms with Gasteiger partial charge in [0.05, 0.1) is 27.9 Å². The molecule has 2 heterocycles. The van der Waals surface area contributed by atoms with Crippen LogP contribution in [0, 0.1) is 0 Å². The smallest absolute Gasteiger partial charge is 0.140 e. The molecule has 132 valence electrons. The zero-order chi connectivity index (χ0) is 17.6. The number of rotatable bonds is 6. The van der Waals surface area contributed by atoms with Crippen molar-refractivity contribution in [1.29, 1.82) is 0 Å². The molecule has 1 saturated heterocycles. The fourth-order valence-corrected chi connectivity index (χ4v) is 2.95. The van der Waals surface area contributed by atoms with Crippen molar-refractivity contribution in [3.8, 4) is 0 Å². The Hall–Kier alpha value is -1.13. The Kier molecular flexibility index (Phi) is 4.89. The van der Waals surface area contributed by atoms with Gasteiger partial charge >= 0.3 is 0 Å². The Labute approximate surface area is 146 Å². The van der Waals surface area contributed by atoms with Crippen LogP contribution in [0.1, 0.15) is 11.9 Å². The van der Waals surface area contributed by atoms with E-state index in [4.69, 9.17) is 28.3 Å². The highest BCUT2D eigenvalue weighted by molar-refractivity contribution is 6.45. The van der Waals surface area contributed by atoms with Crippen molar-refractivity contribution in [3.05, 3.63) is 21.9 Å². The highest BCUT2D eigenvalue weighted by atomic mass is 35.5. The van der Waals surface area contributed by atoms with Crippen LogP contribution >= 0.6 is 23.2 Å². The summed E-state index contributed by atoms with van der Waals surface area (Å²) in [5.41, 5.74) is 1.64. The van der Waals surface area contributed by atoms with Gasteiger partial charge in [0.2, 0.25) is 0 Å². The lowest BCUT2D eigenvalue weighted by Crippen LogP contribution is -2.42. The van der Waals surface area contributed by atoms with E-state index in [1.54, 1.807) is 6.07 Å². The van der Waals surface area contributed by atoms with E-state index in [1.807, 2.05) is 4.90 Å². The Morgan fingerprint density at radius 3 is 2.42 bits per heavy atom. The second kappa shape index (κ2) is 6.64. The maximum Gasteiger partial charge on any atom is 0.140 e. The number of imidazole rings is 1. The van der Waals surface area contributed by atoms with Gasteiger partial charge in [-0.05, 0) is 6.07 Å². The normalized spacial score (nSPS) is 19.4. The van der Waals surface area contributed by atoms with Gasteiger partial charge in [-0.25, -0.2) is 4.98 Å². The lowest BCUT2D eigenvalue weighted by Gasteiger charge is -2.24. The molecule has 1 fully saturated rings. The summed E-state index contributed by atoms with van der Waals surface area (Å²) < 4.78 is 0. The van der Waals surface area contributed by atoms with Crippen LogP contribution in [0.2, 0.25) is 10.0 Å². The fraction of sp³-hybridized carbons (Fsp3) is 0.500. The minimum absolute atomic E-state index is 0.0110. The van der Waals surface area contributed by atoms with Gasteiger partial charge in [0, 0.05) is 13.1 Å². The van der Waals surface area contributed by atoms with Crippen LogP contribution in [0.15, 0.2) is 6.07 Å². The molecular formula is C14H17Cl2N3O5. The monoisotopic (exact) mass is 377 g/mol. The number of hydrogen-bond donors (Lipinski definition) is 6. The van der Waals surface area contributed by atoms with Gasteiger partial charge in [-0.2, -0.15) is 0 Å². The van der Waals surface area contributed by atoms with E-state index >= 15 is 0 Å².